The van der Waals surface area contributed by atoms with Crippen LogP contribution in [-0.4, -0.2) is 25.6 Å². The Balaban J connectivity index is 1.65. The summed E-state index contributed by atoms with van der Waals surface area (Å²) in [6.45, 7) is 1.92. The highest BCUT2D eigenvalue weighted by molar-refractivity contribution is 6.31. The molecule has 0 atom stereocenters. The maximum Gasteiger partial charge on any atom is 0.230 e. The normalized spacial score (nSPS) is 15.8. The lowest BCUT2D eigenvalue weighted by Gasteiger charge is -2.30. The van der Waals surface area contributed by atoms with Gasteiger partial charge in [0.15, 0.2) is 0 Å². The zero-order valence-electron chi connectivity index (χ0n) is 13.4. The molecular weight excluding hydrogens is 342 g/mol. The summed E-state index contributed by atoms with van der Waals surface area (Å²) in [4.78, 5) is 22.8. The lowest BCUT2D eigenvalue weighted by Crippen LogP contribution is -2.33. The Bertz CT molecular complexity index is 1000. The molecule has 1 aliphatic carbocycles. The van der Waals surface area contributed by atoms with E-state index in [-0.39, 0.29) is 5.91 Å². The molecule has 8 heteroatoms. The first-order valence-electron chi connectivity index (χ1n) is 8.10. The average Bonchev–Trinajstić information content (AvgIpc) is 3.17. The molecule has 2 aliphatic rings. The number of rotatable bonds is 2. The van der Waals surface area contributed by atoms with E-state index in [0.29, 0.717) is 34.9 Å². The van der Waals surface area contributed by atoms with Crippen LogP contribution in [0.25, 0.3) is 17.2 Å². The van der Waals surface area contributed by atoms with Gasteiger partial charge in [0.1, 0.15) is 12.0 Å². The minimum Gasteiger partial charge on any atom is -0.339 e. The Morgan fingerprint density at radius 3 is 2.92 bits per heavy atom. The van der Waals surface area contributed by atoms with Gasteiger partial charge < -0.3 is 9.42 Å². The van der Waals surface area contributed by atoms with Crippen LogP contribution in [0.5, 0.6) is 0 Å². The van der Waals surface area contributed by atoms with Crippen molar-refractivity contribution in [2.45, 2.75) is 32.2 Å². The molecule has 3 aromatic rings. The highest BCUT2D eigenvalue weighted by atomic mass is 35.5. The van der Waals surface area contributed by atoms with Crippen LogP contribution in [0.1, 0.15) is 37.3 Å². The van der Waals surface area contributed by atoms with E-state index in [1.54, 1.807) is 23.4 Å². The Labute approximate surface area is 148 Å². The Morgan fingerprint density at radius 2 is 2.16 bits per heavy atom. The van der Waals surface area contributed by atoms with Crippen LogP contribution in [-0.2, 0) is 11.3 Å². The van der Waals surface area contributed by atoms with Crippen LogP contribution in [0.15, 0.2) is 29.0 Å². The van der Waals surface area contributed by atoms with Gasteiger partial charge in [-0.25, -0.2) is 4.98 Å². The summed E-state index contributed by atoms with van der Waals surface area (Å²) in [6.07, 6.45) is 3.91. The van der Waals surface area contributed by atoms with Gasteiger partial charge in [0, 0.05) is 17.9 Å². The fourth-order valence-corrected chi connectivity index (χ4v) is 3.35. The van der Waals surface area contributed by atoms with Crippen molar-refractivity contribution in [1.82, 2.24) is 19.7 Å². The predicted octanol–water partition coefficient (Wildman–Crippen LogP) is 3.32. The monoisotopic (exact) mass is 355 g/mol. The molecule has 25 heavy (non-hydrogen) atoms. The van der Waals surface area contributed by atoms with E-state index in [0.717, 1.165) is 29.9 Å². The quantitative estimate of drug-likeness (QED) is 0.704. The summed E-state index contributed by atoms with van der Waals surface area (Å²) >= 11 is 6.12. The molecule has 0 N–H and O–H groups in total. The Morgan fingerprint density at radius 1 is 1.32 bits per heavy atom. The zero-order valence-corrected chi connectivity index (χ0v) is 14.2. The number of fused-ring (bicyclic) bond motifs is 3. The molecule has 1 aromatic carbocycles. The molecule has 1 aliphatic heterocycles. The van der Waals surface area contributed by atoms with E-state index in [9.17, 15) is 4.79 Å². The fraction of sp³-hybridized carbons (Fsp3) is 0.294. The molecule has 1 fully saturated rings. The minimum absolute atomic E-state index is 0.0614. The summed E-state index contributed by atoms with van der Waals surface area (Å²) in [5.41, 5.74) is 3.12. The van der Waals surface area contributed by atoms with Crippen molar-refractivity contribution in [1.29, 1.82) is 0 Å². The third-order valence-electron chi connectivity index (χ3n) is 4.62. The molecule has 0 radical (unpaired) electrons. The molecule has 0 unspecified atom stereocenters. The van der Waals surface area contributed by atoms with Gasteiger partial charge in [0.05, 0.1) is 23.6 Å². The number of carbonyl (C=O) groups excluding carboxylic acids is 1. The molecule has 7 nitrogen and oxygen atoms in total. The summed E-state index contributed by atoms with van der Waals surface area (Å²) in [5, 5.41) is 4.67. The number of benzene rings is 1. The maximum absolute atomic E-state index is 12.2. The molecule has 2 aromatic heterocycles. The molecule has 3 heterocycles. The summed E-state index contributed by atoms with van der Waals surface area (Å²) < 4.78 is 7.31. The van der Waals surface area contributed by atoms with E-state index in [4.69, 9.17) is 16.1 Å². The Kier molecular flexibility index (Phi) is 3.03. The Hall–Kier alpha value is -2.67. The van der Waals surface area contributed by atoms with E-state index in [1.165, 1.54) is 6.92 Å². The zero-order chi connectivity index (χ0) is 17.1. The standard InChI is InChI=1S/C17H14ClN5O2/c1-9(24)22-7-14-15(16-20-17(25-21-16)10-2-3-10)19-8-23(14)12-5-4-11(18)6-13(12)22/h4-6,8,10H,2-3,7H2,1H3. The number of anilines is 1. The highest BCUT2D eigenvalue weighted by Gasteiger charge is 2.32. The third-order valence-corrected chi connectivity index (χ3v) is 4.86. The van der Waals surface area contributed by atoms with E-state index in [1.807, 2.05) is 10.6 Å². The molecule has 0 saturated heterocycles. The summed E-state index contributed by atoms with van der Waals surface area (Å²) in [5.74, 6) is 1.46. The molecule has 5 rings (SSSR count). The third kappa shape index (κ3) is 2.26. The number of hydrogen-bond donors (Lipinski definition) is 0. The van der Waals surface area contributed by atoms with Crippen molar-refractivity contribution in [3.63, 3.8) is 0 Å². The van der Waals surface area contributed by atoms with Crippen molar-refractivity contribution >= 4 is 23.2 Å². The molecule has 0 bridgehead atoms. The van der Waals surface area contributed by atoms with Crippen molar-refractivity contribution in [3.05, 3.63) is 41.1 Å². The number of halogens is 1. The topological polar surface area (TPSA) is 77.1 Å². The van der Waals surface area contributed by atoms with Crippen LogP contribution in [0.4, 0.5) is 5.69 Å². The van der Waals surface area contributed by atoms with Gasteiger partial charge in [0.25, 0.3) is 0 Å². The minimum atomic E-state index is -0.0614. The number of nitrogens with zero attached hydrogens (tertiary/aromatic N) is 5. The van der Waals surface area contributed by atoms with Gasteiger partial charge in [0.2, 0.25) is 17.6 Å². The van der Waals surface area contributed by atoms with Crippen molar-refractivity contribution in [2.24, 2.45) is 0 Å². The number of aromatic nitrogens is 4. The van der Waals surface area contributed by atoms with E-state index < -0.39 is 0 Å². The molecule has 1 amide bonds. The highest BCUT2D eigenvalue weighted by Crippen LogP contribution is 2.41. The second-order valence-electron chi connectivity index (χ2n) is 6.38. The lowest BCUT2D eigenvalue weighted by atomic mass is 10.1. The maximum atomic E-state index is 12.2. The predicted molar refractivity (Wildman–Crippen MR) is 90.7 cm³/mol. The van der Waals surface area contributed by atoms with Crippen LogP contribution < -0.4 is 4.90 Å². The fourth-order valence-electron chi connectivity index (χ4n) is 3.18. The van der Waals surface area contributed by atoms with Gasteiger partial charge in [-0.2, -0.15) is 4.98 Å². The van der Waals surface area contributed by atoms with Crippen molar-refractivity contribution < 1.29 is 9.32 Å². The largest absolute Gasteiger partial charge is 0.339 e. The second kappa shape index (κ2) is 5.16. The first-order chi connectivity index (χ1) is 12.1. The average molecular weight is 356 g/mol. The van der Waals surface area contributed by atoms with E-state index >= 15 is 0 Å². The van der Waals surface area contributed by atoms with Gasteiger partial charge >= 0.3 is 0 Å². The lowest BCUT2D eigenvalue weighted by molar-refractivity contribution is -0.116. The van der Waals surface area contributed by atoms with Gasteiger partial charge in [-0.05, 0) is 31.0 Å². The van der Waals surface area contributed by atoms with Gasteiger partial charge in [-0.3, -0.25) is 9.36 Å². The van der Waals surface area contributed by atoms with Crippen LogP contribution in [0.2, 0.25) is 5.02 Å². The summed E-state index contributed by atoms with van der Waals surface area (Å²) in [7, 11) is 0. The van der Waals surface area contributed by atoms with Gasteiger partial charge in [-0.15, -0.1) is 0 Å². The number of hydrogen-bond acceptors (Lipinski definition) is 5. The van der Waals surface area contributed by atoms with Crippen LogP contribution >= 0.6 is 11.6 Å². The molecule has 1 saturated carbocycles. The van der Waals surface area contributed by atoms with Crippen molar-refractivity contribution in [2.75, 3.05) is 4.90 Å². The number of imidazole rings is 1. The van der Waals surface area contributed by atoms with Gasteiger partial charge in [-0.1, -0.05) is 16.8 Å². The van der Waals surface area contributed by atoms with Crippen molar-refractivity contribution in [3.8, 4) is 17.2 Å². The summed E-state index contributed by atoms with van der Waals surface area (Å²) in [6, 6.07) is 5.47. The second-order valence-corrected chi connectivity index (χ2v) is 6.82. The number of carbonyl (C=O) groups is 1. The molecule has 126 valence electrons. The van der Waals surface area contributed by atoms with Crippen LogP contribution in [0.3, 0.4) is 0 Å². The SMILES string of the molecule is CC(=O)N1Cc2c(-c3noc(C4CC4)n3)ncn2-c2ccc(Cl)cc21. The molecule has 0 spiro atoms. The van der Waals surface area contributed by atoms with Crippen LogP contribution in [0, 0.1) is 0 Å². The first-order valence-corrected chi connectivity index (χ1v) is 8.48. The first kappa shape index (κ1) is 14.7. The molecular formula is C17H14ClN5O2. The smallest absolute Gasteiger partial charge is 0.230 e. The number of amides is 1. The van der Waals surface area contributed by atoms with E-state index in [2.05, 4.69) is 15.1 Å².